The molecule has 0 amide bonds. The molecule has 0 spiro atoms. The second-order valence-corrected chi connectivity index (χ2v) is 6.60. The molecule has 0 radical (unpaired) electrons. The number of aromatic nitrogens is 5. The molecular weight excluding hydrogens is 386 g/mol. The smallest absolute Gasteiger partial charge is 0.206 e. The number of aryl methyl sites for hydroxylation is 1. The van der Waals surface area contributed by atoms with Crippen LogP contribution in [0.25, 0.3) is 16.6 Å². The van der Waals surface area contributed by atoms with Gasteiger partial charge >= 0.3 is 0 Å². The number of fused-ring (bicyclic) bond motifs is 1. The largest absolute Gasteiger partial charge is 0.490 e. The van der Waals surface area contributed by atoms with Gasteiger partial charge in [-0.3, -0.25) is 14.5 Å². The summed E-state index contributed by atoms with van der Waals surface area (Å²) in [5.74, 6) is 1.26. The minimum Gasteiger partial charge on any atom is -0.490 e. The van der Waals surface area contributed by atoms with Crippen molar-refractivity contribution in [1.29, 1.82) is 0 Å². The van der Waals surface area contributed by atoms with Gasteiger partial charge in [0.1, 0.15) is 36.1 Å². The predicted octanol–water partition coefficient (Wildman–Crippen LogP) is 2.12. The molecule has 3 aromatic heterocycles. The monoisotopic (exact) mass is 407 g/mol. The van der Waals surface area contributed by atoms with Gasteiger partial charge in [0.2, 0.25) is 5.43 Å². The number of hydrogen-bond donors (Lipinski definition) is 0. The molecule has 0 fully saturated rings. The van der Waals surface area contributed by atoms with Crippen molar-refractivity contribution in [2.75, 3.05) is 20.3 Å². The number of hydrogen-bond acceptors (Lipinski definition) is 7. The Morgan fingerprint density at radius 3 is 2.70 bits per heavy atom. The standard InChI is InChI=1S/C21H21N5O4/c1-25-13-16(11-23-25)26-6-5-21(27)20(24-26)14-30-17-3-4-19-15(9-17)10-18(12-22-19)29-8-7-28-2/h3-6,9-13H,7-8,14H2,1-2H3. The topological polar surface area (TPSA) is 93.3 Å². The van der Waals surface area contributed by atoms with Crippen molar-refractivity contribution in [3.63, 3.8) is 0 Å². The highest BCUT2D eigenvalue weighted by Crippen LogP contribution is 2.23. The van der Waals surface area contributed by atoms with Crippen LogP contribution in [0.15, 0.2) is 59.9 Å². The molecule has 0 bridgehead atoms. The Bertz CT molecular complexity index is 1220. The molecular formula is C21H21N5O4. The van der Waals surface area contributed by atoms with Gasteiger partial charge in [-0.1, -0.05) is 0 Å². The summed E-state index contributed by atoms with van der Waals surface area (Å²) in [6.45, 7) is 0.994. The van der Waals surface area contributed by atoms with Crippen LogP contribution in [-0.2, 0) is 18.4 Å². The lowest BCUT2D eigenvalue weighted by atomic mass is 10.2. The van der Waals surface area contributed by atoms with Gasteiger partial charge < -0.3 is 14.2 Å². The summed E-state index contributed by atoms with van der Waals surface area (Å²) < 4.78 is 19.7. The Kier molecular flexibility index (Phi) is 5.71. The lowest BCUT2D eigenvalue weighted by molar-refractivity contribution is 0.146. The molecule has 3 heterocycles. The number of rotatable bonds is 8. The Balaban J connectivity index is 1.51. The number of methoxy groups -OCH3 is 1. The van der Waals surface area contributed by atoms with Crippen LogP contribution in [0, 0.1) is 0 Å². The van der Waals surface area contributed by atoms with E-state index in [1.807, 2.05) is 37.5 Å². The Morgan fingerprint density at radius 1 is 1.03 bits per heavy atom. The van der Waals surface area contributed by atoms with Crippen LogP contribution in [-0.4, -0.2) is 44.9 Å². The molecule has 0 saturated heterocycles. The lowest BCUT2D eigenvalue weighted by Crippen LogP contribution is -2.17. The SMILES string of the molecule is COCCOc1cnc2ccc(OCc3nn(-c4cnn(C)c4)ccc3=O)cc2c1. The average Bonchev–Trinajstić information content (AvgIpc) is 3.19. The van der Waals surface area contributed by atoms with Gasteiger partial charge in [-0.25, -0.2) is 4.68 Å². The first-order valence-corrected chi connectivity index (χ1v) is 9.34. The van der Waals surface area contributed by atoms with Crippen molar-refractivity contribution in [3.05, 3.63) is 71.0 Å². The van der Waals surface area contributed by atoms with Gasteiger partial charge in [-0.05, 0) is 24.3 Å². The highest BCUT2D eigenvalue weighted by molar-refractivity contribution is 5.81. The van der Waals surface area contributed by atoms with Crippen molar-refractivity contribution in [3.8, 4) is 17.2 Å². The van der Waals surface area contributed by atoms with E-state index in [0.717, 1.165) is 16.6 Å². The van der Waals surface area contributed by atoms with E-state index in [2.05, 4.69) is 15.2 Å². The average molecular weight is 407 g/mol. The molecule has 9 heteroatoms. The third kappa shape index (κ3) is 4.47. The van der Waals surface area contributed by atoms with E-state index in [4.69, 9.17) is 14.2 Å². The summed E-state index contributed by atoms with van der Waals surface area (Å²) in [6, 6.07) is 8.88. The number of pyridine rings is 1. The molecule has 30 heavy (non-hydrogen) atoms. The molecule has 0 aliphatic rings. The highest BCUT2D eigenvalue weighted by Gasteiger charge is 2.08. The van der Waals surface area contributed by atoms with Gasteiger partial charge in [0.15, 0.2) is 0 Å². The summed E-state index contributed by atoms with van der Waals surface area (Å²) in [7, 11) is 3.44. The van der Waals surface area contributed by atoms with Crippen molar-refractivity contribution < 1.29 is 14.2 Å². The Hall–Kier alpha value is -3.72. The van der Waals surface area contributed by atoms with Crippen LogP contribution >= 0.6 is 0 Å². The molecule has 0 saturated carbocycles. The van der Waals surface area contributed by atoms with Gasteiger partial charge in [0.25, 0.3) is 0 Å². The van der Waals surface area contributed by atoms with Crippen LogP contribution in [0.3, 0.4) is 0 Å². The van der Waals surface area contributed by atoms with Crippen molar-refractivity contribution >= 4 is 10.9 Å². The summed E-state index contributed by atoms with van der Waals surface area (Å²) in [5, 5.41) is 9.36. The summed E-state index contributed by atoms with van der Waals surface area (Å²) in [4.78, 5) is 16.6. The number of benzene rings is 1. The summed E-state index contributed by atoms with van der Waals surface area (Å²) >= 11 is 0. The summed E-state index contributed by atoms with van der Waals surface area (Å²) in [6.07, 6.45) is 6.76. The molecule has 1 aromatic carbocycles. The fourth-order valence-electron chi connectivity index (χ4n) is 2.87. The second kappa shape index (κ2) is 8.75. The van der Waals surface area contributed by atoms with Gasteiger partial charge in [-0.15, -0.1) is 0 Å². The maximum atomic E-state index is 12.2. The fourth-order valence-corrected chi connectivity index (χ4v) is 2.87. The first-order chi connectivity index (χ1) is 14.6. The van der Waals surface area contributed by atoms with Gasteiger partial charge in [-0.2, -0.15) is 10.2 Å². The van der Waals surface area contributed by atoms with Gasteiger partial charge in [0.05, 0.1) is 30.7 Å². The quantitative estimate of drug-likeness (QED) is 0.413. The van der Waals surface area contributed by atoms with Crippen LogP contribution < -0.4 is 14.9 Å². The molecule has 0 aliphatic heterocycles. The predicted molar refractivity (Wildman–Crippen MR) is 110 cm³/mol. The normalized spacial score (nSPS) is 11.0. The van der Waals surface area contributed by atoms with Crippen LogP contribution in [0.1, 0.15) is 5.69 Å². The summed E-state index contributed by atoms with van der Waals surface area (Å²) in [5.41, 5.74) is 1.69. The van der Waals surface area contributed by atoms with E-state index >= 15 is 0 Å². The third-order valence-corrected chi connectivity index (χ3v) is 4.40. The van der Waals surface area contributed by atoms with Gasteiger partial charge in [0, 0.05) is 31.8 Å². The van der Waals surface area contributed by atoms with Crippen molar-refractivity contribution in [2.24, 2.45) is 7.05 Å². The number of ether oxygens (including phenoxy) is 3. The minimum absolute atomic E-state index is 0.0445. The fraction of sp³-hybridized carbons (Fsp3) is 0.238. The molecule has 9 nitrogen and oxygen atoms in total. The van der Waals surface area contributed by atoms with Crippen LogP contribution in [0.5, 0.6) is 11.5 Å². The van der Waals surface area contributed by atoms with E-state index in [9.17, 15) is 4.79 Å². The zero-order chi connectivity index (χ0) is 20.9. The molecule has 0 aliphatic carbocycles. The first-order valence-electron chi connectivity index (χ1n) is 9.34. The zero-order valence-corrected chi connectivity index (χ0v) is 16.7. The lowest BCUT2D eigenvalue weighted by Gasteiger charge is -2.09. The molecule has 0 N–H and O–H groups in total. The van der Waals surface area contributed by atoms with Crippen LogP contribution in [0.4, 0.5) is 0 Å². The van der Waals surface area contributed by atoms with Crippen LogP contribution in [0.2, 0.25) is 0 Å². The molecule has 4 aromatic rings. The Labute approximate surface area is 172 Å². The van der Waals surface area contributed by atoms with Crippen molar-refractivity contribution in [1.82, 2.24) is 24.5 Å². The van der Waals surface area contributed by atoms with E-state index in [-0.39, 0.29) is 12.0 Å². The molecule has 154 valence electrons. The molecule has 0 unspecified atom stereocenters. The molecule has 4 rings (SSSR count). The number of nitrogens with zero attached hydrogens (tertiary/aromatic N) is 5. The van der Waals surface area contributed by atoms with E-state index in [0.29, 0.717) is 30.4 Å². The van der Waals surface area contributed by atoms with E-state index < -0.39 is 0 Å². The molecule has 0 atom stereocenters. The minimum atomic E-state index is -0.188. The zero-order valence-electron chi connectivity index (χ0n) is 16.7. The van der Waals surface area contributed by atoms with Crippen molar-refractivity contribution in [2.45, 2.75) is 6.61 Å². The van der Waals surface area contributed by atoms with E-state index in [1.54, 1.807) is 35.1 Å². The third-order valence-electron chi connectivity index (χ3n) is 4.40. The van der Waals surface area contributed by atoms with E-state index in [1.165, 1.54) is 6.07 Å². The second-order valence-electron chi connectivity index (χ2n) is 6.60. The highest BCUT2D eigenvalue weighted by atomic mass is 16.5. The maximum Gasteiger partial charge on any atom is 0.206 e. The Morgan fingerprint density at radius 2 is 1.90 bits per heavy atom. The first kappa shape index (κ1) is 19.6. The maximum absolute atomic E-state index is 12.2.